The first-order valence-corrected chi connectivity index (χ1v) is 8.24. The molecule has 2 aromatic rings. The number of hydrogen-bond donors (Lipinski definition) is 2. The molecule has 2 aromatic heterocycles. The van der Waals surface area contributed by atoms with Crippen LogP contribution >= 0.6 is 0 Å². The van der Waals surface area contributed by atoms with Crippen molar-refractivity contribution < 1.29 is 4.79 Å². The van der Waals surface area contributed by atoms with Gasteiger partial charge < -0.3 is 15.5 Å². The molecular formula is C16H20N8O. The molecule has 0 aromatic carbocycles. The van der Waals surface area contributed by atoms with Gasteiger partial charge in [-0.25, -0.2) is 19.4 Å². The highest BCUT2D eigenvalue weighted by Crippen LogP contribution is 2.20. The van der Waals surface area contributed by atoms with Crippen molar-refractivity contribution in [3.8, 4) is 6.07 Å². The fourth-order valence-corrected chi connectivity index (χ4v) is 2.84. The van der Waals surface area contributed by atoms with E-state index in [0.717, 1.165) is 12.8 Å². The van der Waals surface area contributed by atoms with Gasteiger partial charge in [0.2, 0.25) is 0 Å². The van der Waals surface area contributed by atoms with E-state index in [-0.39, 0.29) is 6.03 Å². The van der Waals surface area contributed by atoms with E-state index in [0.29, 0.717) is 43.6 Å². The molecule has 3 rings (SSSR count). The number of anilines is 1. The fourth-order valence-electron chi connectivity index (χ4n) is 2.84. The third-order valence-corrected chi connectivity index (χ3v) is 4.18. The van der Waals surface area contributed by atoms with E-state index in [2.05, 4.69) is 31.8 Å². The Bertz CT molecular complexity index is 731. The molecule has 1 aliphatic rings. The topological polar surface area (TPSA) is 112 Å². The average molecular weight is 340 g/mol. The minimum atomic E-state index is -0.0691. The smallest absolute Gasteiger partial charge is 0.317 e. The van der Waals surface area contributed by atoms with Gasteiger partial charge in [0.05, 0.1) is 11.6 Å². The van der Waals surface area contributed by atoms with Crippen LogP contribution in [0, 0.1) is 11.3 Å². The molecule has 0 bridgehead atoms. The standard InChI is InChI=1S/C16H20N8O/c17-10-13-2-1-5-19-15(13)20-6-7-21-16(25)23-8-3-14(4-9-23)24-12-18-11-22-24/h1-2,5,11-12,14H,3-4,6-9H2,(H,19,20)(H,21,25). The predicted molar refractivity (Wildman–Crippen MR) is 90.7 cm³/mol. The quantitative estimate of drug-likeness (QED) is 0.786. The summed E-state index contributed by atoms with van der Waals surface area (Å²) in [6, 6.07) is 5.74. The van der Waals surface area contributed by atoms with Crippen LogP contribution in [0.3, 0.4) is 0 Å². The summed E-state index contributed by atoms with van der Waals surface area (Å²) < 4.78 is 1.86. The molecule has 0 unspecified atom stereocenters. The highest BCUT2D eigenvalue weighted by molar-refractivity contribution is 5.74. The van der Waals surface area contributed by atoms with E-state index in [1.54, 1.807) is 24.7 Å². The molecule has 2 amide bonds. The zero-order valence-electron chi connectivity index (χ0n) is 13.8. The monoisotopic (exact) mass is 340 g/mol. The molecule has 3 heterocycles. The predicted octanol–water partition coefficient (Wildman–Crippen LogP) is 1.00. The first-order chi connectivity index (χ1) is 12.3. The van der Waals surface area contributed by atoms with Gasteiger partial charge in [0, 0.05) is 32.4 Å². The molecule has 0 radical (unpaired) electrons. The Kier molecular flexibility index (Phi) is 5.41. The lowest BCUT2D eigenvalue weighted by Gasteiger charge is -2.31. The number of carbonyl (C=O) groups excluding carboxylic acids is 1. The maximum atomic E-state index is 12.2. The Hall–Kier alpha value is -3.15. The van der Waals surface area contributed by atoms with Crippen molar-refractivity contribution in [2.45, 2.75) is 18.9 Å². The van der Waals surface area contributed by atoms with Gasteiger partial charge >= 0.3 is 6.03 Å². The minimum absolute atomic E-state index is 0.0691. The lowest BCUT2D eigenvalue weighted by molar-refractivity contribution is 0.169. The second-order valence-electron chi connectivity index (χ2n) is 5.76. The number of pyridine rings is 1. The third-order valence-electron chi connectivity index (χ3n) is 4.18. The largest absolute Gasteiger partial charge is 0.367 e. The van der Waals surface area contributed by atoms with Gasteiger partial charge in [0.15, 0.2) is 0 Å². The molecular weight excluding hydrogens is 320 g/mol. The number of nitrogens with zero attached hydrogens (tertiary/aromatic N) is 6. The van der Waals surface area contributed by atoms with E-state index in [1.807, 2.05) is 9.58 Å². The zero-order valence-corrected chi connectivity index (χ0v) is 13.8. The van der Waals surface area contributed by atoms with Gasteiger partial charge in [-0.1, -0.05) is 0 Å². The number of amides is 2. The van der Waals surface area contributed by atoms with E-state index >= 15 is 0 Å². The molecule has 130 valence electrons. The molecule has 9 nitrogen and oxygen atoms in total. The SMILES string of the molecule is N#Cc1cccnc1NCCNC(=O)N1CCC(n2cncn2)CC1. The number of nitriles is 1. The van der Waals surface area contributed by atoms with Crippen LogP contribution in [-0.2, 0) is 0 Å². The normalized spacial score (nSPS) is 14.8. The van der Waals surface area contributed by atoms with Crippen LogP contribution in [0.15, 0.2) is 31.0 Å². The number of nitrogens with one attached hydrogen (secondary N) is 2. The average Bonchev–Trinajstić information content (AvgIpc) is 3.20. The summed E-state index contributed by atoms with van der Waals surface area (Å²) in [7, 11) is 0. The summed E-state index contributed by atoms with van der Waals surface area (Å²) in [6.07, 6.45) is 6.62. The lowest BCUT2D eigenvalue weighted by atomic mass is 10.1. The molecule has 0 spiro atoms. The van der Waals surface area contributed by atoms with Crippen molar-refractivity contribution in [2.24, 2.45) is 0 Å². The van der Waals surface area contributed by atoms with Crippen molar-refractivity contribution in [1.82, 2.24) is 30.0 Å². The number of hydrogen-bond acceptors (Lipinski definition) is 6. The molecule has 0 atom stereocenters. The molecule has 1 aliphatic heterocycles. The molecule has 9 heteroatoms. The van der Waals surface area contributed by atoms with Crippen molar-refractivity contribution >= 4 is 11.8 Å². The van der Waals surface area contributed by atoms with Crippen LogP contribution in [0.25, 0.3) is 0 Å². The summed E-state index contributed by atoms with van der Waals surface area (Å²) in [6.45, 7) is 2.36. The van der Waals surface area contributed by atoms with Crippen LogP contribution in [-0.4, -0.2) is 56.9 Å². The number of likely N-dealkylation sites (tertiary alicyclic amines) is 1. The van der Waals surface area contributed by atoms with Crippen LogP contribution in [0.5, 0.6) is 0 Å². The molecule has 0 saturated carbocycles. The summed E-state index contributed by atoms with van der Waals surface area (Å²) in [5, 5.41) is 19.1. The van der Waals surface area contributed by atoms with Gasteiger partial charge in [0.25, 0.3) is 0 Å². The summed E-state index contributed by atoms with van der Waals surface area (Å²) in [4.78, 5) is 22.1. The molecule has 1 fully saturated rings. The maximum Gasteiger partial charge on any atom is 0.317 e. The van der Waals surface area contributed by atoms with Crippen LogP contribution in [0.1, 0.15) is 24.4 Å². The number of urea groups is 1. The van der Waals surface area contributed by atoms with Crippen LogP contribution in [0.4, 0.5) is 10.6 Å². The van der Waals surface area contributed by atoms with E-state index < -0.39 is 0 Å². The molecule has 1 saturated heterocycles. The van der Waals surface area contributed by atoms with E-state index in [1.165, 1.54) is 6.33 Å². The van der Waals surface area contributed by atoms with Crippen LogP contribution < -0.4 is 10.6 Å². The Morgan fingerprint density at radius 2 is 2.20 bits per heavy atom. The highest BCUT2D eigenvalue weighted by Gasteiger charge is 2.23. The second kappa shape index (κ2) is 8.10. The van der Waals surface area contributed by atoms with Gasteiger partial charge in [-0.05, 0) is 25.0 Å². The number of carbonyl (C=O) groups is 1. The summed E-state index contributed by atoms with van der Waals surface area (Å²) in [5.41, 5.74) is 0.490. The molecule has 2 N–H and O–H groups in total. The fraction of sp³-hybridized carbons (Fsp3) is 0.438. The lowest BCUT2D eigenvalue weighted by Crippen LogP contribution is -2.45. The summed E-state index contributed by atoms with van der Waals surface area (Å²) >= 11 is 0. The number of rotatable bonds is 5. The first-order valence-electron chi connectivity index (χ1n) is 8.24. The highest BCUT2D eigenvalue weighted by atomic mass is 16.2. The minimum Gasteiger partial charge on any atom is -0.367 e. The van der Waals surface area contributed by atoms with E-state index in [4.69, 9.17) is 5.26 Å². The molecule has 0 aliphatic carbocycles. The van der Waals surface area contributed by atoms with Crippen LogP contribution in [0.2, 0.25) is 0 Å². The van der Waals surface area contributed by atoms with E-state index in [9.17, 15) is 4.79 Å². The van der Waals surface area contributed by atoms with Crippen molar-refractivity contribution in [3.63, 3.8) is 0 Å². The third kappa shape index (κ3) is 4.23. The van der Waals surface area contributed by atoms with Crippen molar-refractivity contribution in [2.75, 3.05) is 31.5 Å². The van der Waals surface area contributed by atoms with Crippen molar-refractivity contribution in [3.05, 3.63) is 36.5 Å². The maximum absolute atomic E-state index is 12.2. The Balaban J connectivity index is 1.38. The second-order valence-corrected chi connectivity index (χ2v) is 5.76. The Morgan fingerprint density at radius 1 is 1.36 bits per heavy atom. The van der Waals surface area contributed by atoms with Gasteiger partial charge in [-0.3, -0.25) is 0 Å². The zero-order chi connectivity index (χ0) is 17.5. The Labute approximate surface area is 145 Å². The van der Waals surface area contributed by atoms with Gasteiger partial charge in [0.1, 0.15) is 24.5 Å². The summed E-state index contributed by atoms with van der Waals surface area (Å²) in [5.74, 6) is 0.535. The van der Waals surface area contributed by atoms with Gasteiger partial charge in [-0.15, -0.1) is 0 Å². The molecule has 25 heavy (non-hydrogen) atoms. The number of piperidine rings is 1. The number of aromatic nitrogens is 4. The Morgan fingerprint density at radius 3 is 2.92 bits per heavy atom. The van der Waals surface area contributed by atoms with Gasteiger partial charge in [-0.2, -0.15) is 10.4 Å². The van der Waals surface area contributed by atoms with Crippen molar-refractivity contribution in [1.29, 1.82) is 5.26 Å². The first kappa shape index (κ1) is 16.7.